The fraction of sp³-hybridized carbons (Fsp3) is 0.333. The molecule has 0 aliphatic carbocycles. The van der Waals surface area contributed by atoms with Crippen LogP contribution in [-0.4, -0.2) is 34.5 Å². The Hall–Kier alpha value is -2.19. The van der Waals surface area contributed by atoms with Crippen LogP contribution in [0.5, 0.6) is 0 Å². The third-order valence-corrected chi connectivity index (χ3v) is 5.49. The van der Waals surface area contributed by atoms with Gasteiger partial charge in [0.25, 0.3) is 0 Å². The van der Waals surface area contributed by atoms with E-state index >= 15 is 0 Å². The van der Waals surface area contributed by atoms with E-state index in [1.165, 1.54) is 30.0 Å². The van der Waals surface area contributed by atoms with Crippen molar-refractivity contribution < 1.29 is 19.1 Å². The molecule has 0 fully saturated rings. The number of ether oxygens (including phenoxy) is 1. The normalized spacial score (nSPS) is 11.7. The second kappa shape index (κ2) is 9.49. The molecule has 0 aliphatic heterocycles. The van der Waals surface area contributed by atoms with Gasteiger partial charge >= 0.3 is 5.97 Å². The predicted molar refractivity (Wildman–Crippen MR) is 103 cm³/mol. The van der Waals surface area contributed by atoms with Gasteiger partial charge in [0.1, 0.15) is 0 Å². The number of carbonyl (C=O) groups is 3. The Bertz CT molecular complexity index is 787. The van der Waals surface area contributed by atoms with Crippen molar-refractivity contribution in [3.05, 3.63) is 40.9 Å². The number of ketones is 1. The van der Waals surface area contributed by atoms with Crippen molar-refractivity contribution in [1.29, 1.82) is 0 Å². The predicted octanol–water partition coefficient (Wildman–Crippen LogP) is 3.57. The third kappa shape index (κ3) is 5.96. The van der Waals surface area contributed by atoms with Crippen molar-refractivity contribution in [1.82, 2.24) is 4.98 Å². The van der Waals surface area contributed by atoms with Crippen molar-refractivity contribution in [3.63, 3.8) is 0 Å². The molecule has 0 saturated carbocycles. The summed E-state index contributed by atoms with van der Waals surface area (Å²) in [6.07, 6.45) is 0.133. The van der Waals surface area contributed by atoms with E-state index in [1.54, 1.807) is 43.5 Å². The van der Waals surface area contributed by atoms with E-state index in [0.717, 1.165) is 4.34 Å². The second-order valence-corrected chi connectivity index (χ2v) is 7.92. The molecule has 1 heterocycles. The number of thioether (sulfide) groups is 1. The van der Waals surface area contributed by atoms with Crippen LogP contribution in [0.15, 0.2) is 34.0 Å². The summed E-state index contributed by atoms with van der Waals surface area (Å²) in [6, 6.07) is 6.76. The van der Waals surface area contributed by atoms with Crippen LogP contribution in [0.3, 0.4) is 0 Å². The number of benzene rings is 1. The van der Waals surface area contributed by atoms with Crippen LogP contribution in [0.1, 0.15) is 36.8 Å². The maximum Gasteiger partial charge on any atom is 0.311 e. The molecule has 6 nitrogen and oxygen atoms in total. The van der Waals surface area contributed by atoms with Gasteiger partial charge in [0.2, 0.25) is 5.91 Å². The monoisotopic (exact) mass is 392 g/mol. The number of aromatic nitrogens is 1. The van der Waals surface area contributed by atoms with E-state index in [1.807, 2.05) is 0 Å². The SMILES string of the molecule is CCOC(=O)Cc1csc(SC(C)C(=O)Nc2ccc(C(C)=O)cc2)n1. The van der Waals surface area contributed by atoms with Gasteiger partial charge in [-0.05, 0) is 45.0 Å². The first-order chi connectivity index (χ1) is 12.4. The van der Waals surface area contributed by atoms with E-state index < -0.39 is 0 Å². The van der Waals surface area contributed by atoms with Gasteiger partial charge in [-0.2, -0.15) is 0 Å². The lowest BCUT2D eigenvalue weighted by molar-refractivity contribution is -0.142. The fourth-order valence-electron chi connectivity index (χ4n) is 2.02. The first-order valence-corrected chi connectivity index (χ1v) is 9.83. The summed E-state index contributed by atoms with van der Waals surface area (Å²) in [7, 11) is 0. The summed E-state index contributed by atoms with van der Waals surface area (Å²) in [5.74, 6) is -0.490. The highest BCUT2D eigenvalue weighted by Gasteiger charge is 2.17. The van der Waals surface area contributed by atoms with Crippen molar-refractivity contribution >= 4 is 46.4 Å². The minimum atomic E-state index is -0.357. The van der Waals surface area contributed by atoms with E-state index in [-0.39, 0.29) is 29.3 Å². The minimum absolute atomic E-state index is 0.0193. The molecule has 1 aromatic heterocycles. The highest BCUT2D eigenvalue weighted by Crippen LogP contribution is 2.27. The molecule has 26 heavy (non-hydrogen) atoms. The maximum absolute atomic E-state index is 12.3. The average Bonchev–Trinajstić information content (AvgIpc) is 3.02. The maximum atomic E-state index is 12.3. The molecule has 0 bridgehead atoms. The zero-order chi connectivity index (χ0) is 19.1. The van der Waals surface area contributed by atoms with Crippen molar-refractivity contribution in [3.8, 4) is 0 Å². The Balaban J connectivity index is 1.89. The Morgan fingerprint density at radius 2 is 1.96 bits per heavy atom. The average molecular weight is 393 g/mol. The Kier molecular flexibility index (Phi) is 7.35. The molecule has 1 N–H and O–H groups in total. The molecule has 0 spiro atoms. The van der Waals surface area contributed by atoms with Crippen molar-refractivity contribution in [2.75, 3.05) is 11.9 Å². The highest BCUT2D eigenvalue weighted by atomic mass is 32.2. The summed E-state index contributed by atoms with van der Waals surface area (Å²) in [6.45, 7) is 5.39. The molecular weight excluding hydrogens is 372 g/mol. The van der Waals surface area contributed by atoms with Crippen LogP contribution in [0, 0.1) is 0 Å². The van der Waals surface area contributed by atoms with Gasteiger partial charge in [-0.25, -0.2) is 4.98 Å². The number of esters is 1. The molecule has 2 rings (SSSR count). The molecule has 138 valence electrons. The number of hydrogen-bond acceptors (Lipinski definition) is 7. The molecule has 0 saturated heterocycles. The molecule has 1 aromatic carbocycles. The molecule has 1 unspecified atom stereocenters. The highest BCUT2D eigenvalue weighted by molar-refractivity contribution is 8.02. The summed E-state index contributed by atoms with van der Waals surface area (Å²) in [5.41, 5.74) is 1.88. The van der Waals surface area contributed by atoms with Crippen LogP contribution in [0.4, 0.5) is 5.69 Å². The lowest BCUT2D eigenvalue weighted by Crippen LogP contribution is -2.22. The number of rotatable bonds is 8. The van der Waals surface area contributed by atoms with Crippen LogP contribution < -0.4 is 5.32 Å². The van der Waals surface area contributed by atoms with E-state index in [2.05, 4.69) is 10.3 Å². The molecule has 0 aliphatic rings. The molecule has 8 heteroatoms. The number of thiazole rings is 1. The standard InChI is InChI=1S/C18H20N2O4S2/c1-4-24-16(22)9-15-10-25-18(20-15)26-12(3)17(23)19-14-7-5-13(6-8-14)11(2)21/h5-8,10,12H,4,9H2,1-3H3,(H,19,23). The first kappa shape index (κ1) is 20.1. The van der Waals surface area contributed by atoms with Gasteiger partial charge in [0.15, 0.2) is 10.1 Å². The van der Waals surface area contributed by atoms with Crippen molar-refractivity contribution in [2.45, 2.75) is 36.8 Å². The molecule has 0 radical (unpaired) electrons. The fourth-order valence-corrected chi connectivity index (χ4v) is 4.00. The largest absolute Gasteiger partial charge is 0.466 e. The molecule has 2 aromatic rings. The number of carbonyl (C=O) groups excluding carboxylic acids is 3. The second-order valence-electron chi connectivity index (χ2n) is 5.47. The van der Waals surface area contributed by atoms with Gasteiger partial charge in [0, 0.05) is 16.6 Å². The van der Waals surface area contributed by atoms with Gasteiger partial charge in [-0.15, -0.1) is 11.3 Å². The smallest absolute Gasteiger partial charge is 0.311 e. The van der Waals surface area contributed by atoms with Crippen LogP contribution >= 0.6 is 23.1 Å². The first-order valence-electron chi connectivity index (χ1n) is 8.07. The van der Waals surface area contributed by atoms with Crippen LogP contribution in [-0.2, 0) is 20.7 Å². The quantitative estimate of drug-likeness (QED) is 0.420. The van der Waals surface area contributed by atoms with Gasteiger partial charge in [-0.1, -0.05) is 11.8 Å². The van der Waals surface area contributed by atoms with Gasteiger partial charge in [-0.3, -0.25) is 14.4 Å². The molecule has 1 atom stereocenters. The summed E-state index contributed by atoms with van der Waals surface area (Å²) >= 11 is 2.72. The Labute approximate surface area is 160 Å². The number of nitrogens with zero attached hydrogens (tertiary/aromatic N) is 1. The number of nitrogens with one attached hydrogen (secondary N) is 1. The Morgan fingerprint density at radius 1 is 1.27 bits per heavy atom. The number of Topliss-reactive ketones (excluding diaryl/α,β-unsaturated/α-hetero) is 1. The van der Waals surface area contributed by atoms with Gasteiger partial charge in [0.05, 0.1) is 24.0 Å². The summed E-state index contributed by atoms with van der Waals surface area (Å²) in [5, 5.41) is 4.25. The lowest BCUT2D eigenvalue weighted by Gasteiger charge is -2.10. The number of anilines is 1. The summed E-state index contributed by atoms with van der Waals surface area (Å²) < 4.78 is 5.62. The minimum Gasteiger partial charge on any atom is -0.466 e. The summed E-state index contributed by atoms with van der Waals surface area (Å²) in [4.78, 5) is 39.4. The third-order valence-electron chi connectivity index (χ3n) is 3.37. The van der Waals surface area contributed by atoms with E-state index in [0.29, 0.717) is 23.6 Å². The Morgan fingerprint density at radius 3 is 2.58 bits per heavy atom. The van der Waals surface area contributed by atoms with E-state index in [9.17, 15) is 14.4 Å². The number of amides is 1. The lowest BCUT2D eigenvalue weighted by atomic mass is 10.1. The number of hydrogen-bond donors (Lipinski definition) is 1. The van der Waals surface area contributed by atoms with Crippen LogP contribution in [0.25, 0.3) is 0 Å². The van der Waals surface area contributed by atoms with E-state index in [4.69, 9.17) is 4.74 Å². The van der Waals surface area contributed by atoms with Crippen molar-refractivity contribution in [2.24, 2.45) is 0 Å². The zero-order valence-corrected chi connectivity index (χ0v) is 16.4. The molecular formula is C18H20N2O4S2. The van der Waals surface area contributed by atoms with Crippen LogP contribution in [0.2, 0.25) is 0 Å². The topological polar surface area (TPSA) is 85.4 Å². The van der Waals surface area contributed by atoms with Gasteiger partial charge < -0.3 is 10.1 Å². The molecule has 1 amide bonds. The zero-order valence-electron chi connectivity index (χ0n) is 14.8.